The first-order valence-electron chi connectivity index (χ1n) is 2.54. The first kappa shape index (κ1) is 5.72. The van der Waals surface area contributed by atoms with Gasteiger partial charge in [-0.25, -0.2) is 0 Å². The first-order chi connectivity index (χ1) is 3.93. The van der Waals surface area contributed by atoms with Crippen molar-refractivity contribution in [3.05, 3.63) is 0 Å². The summed E-state index contributed by atoms with van der Waals surface area (Å²) < 4.78 is 9.64. The Hall–Kier alpha value is -0.410. The Labute approximate surface area is 47.6 Å². The Bertz CT molecular complexity index is 75.7. The molecule has 0 aliphatic carbocycles. The summed E-state index contributed by atoms with van der Waals surface area (Å²) in [5, 5.41) is 0. The number of ether oxygens (including phenoxy) is 2. The normalized spacial score (nSPS) is 23.0. The molecule has 8 heavy (non-hydrogen) atoms. The van der Waals surface area contributed by atoms with Crippen molar-refractivity contribution in [1.29, 1.82) is 0 Å². The molecule has 1 fully saturated rings. The van der Waals surface area contributed by atoms with Gasteiger partial charge in [0.15, 0.2) is 0 Å². The van der Waals surface area contributed by atoms with Crippen LogP contribution in [0.4, 0.5) is 0 Å². The molecule has 0 aromatic rings. The maximum absolute atomic E-state index is 10.00. The fraction of sp³-hybridized carbons (Fsp3) is 0.800. The van der Waals surface area contributed by atoms with Gasteiger partial charge < -0.3 is 14.3 Å². The van der Waals surface area contributed by atoms with E-state index in [2.05, 4.69) is 0 Å². The molecule has 1 aliphatic rings. The molecule has 0 radical (unpaired) electrons. The average molecular weight is 116 g/mol. The maximum Gasteiger partial charge on any atom is 0.146 e. The second kappa shape index (κ2) is 2.79. The third-order valence-corrected chi connectivity index (χ3v) is 1.02. The largest absolute Gasteiger partial charge is 0.355 e. The van der Waals surface area contributed by atoms with E-state index < -0.39 is 0 Å². The van der Waals surface area contributed by atoms with Gasteiger partial charge in [-0.1, -0.05) is 0 Å². The summed E-state index contributed by atoms with van der Waals surface area (Å²) in [6.07, 6.45) is 0.860. The molecule has 1 rings (SSSR count). The monoisotopic (exact) mass is 116 g/mol. The van der Waals surface area contributed by atoms with E-state index in [0.717, 1.165) is 6.29 Å². The van der Waals surface area contributed by atoms with E-state index in [4.69, 9.17) is 9.47 Å². The van der Waals surface area contributed by atoms with Crippen molar-refractivity contribution in [3.63, 3.8) is 0 Å². The Balaban J connectivity index is 2.22. The van der Waals surface area contributed by atoms with Crippen molar-refractivity contribution < 1.29 is 14.3 Å². The number of rotatable bonds is 1. The smallest absolute Gasteiger partial charge is 0.146 e. The lowest BCUT2D eigenvalue weighted by Gasteiger charge is -2.16. The minimum absolute atomic E-state index is 0.0382. The van der Waals surface area contributed by atoms with Gasteiger partial charge in [0, 0.05) is 0 Å². The van der Waals surface area contributed by atoms with Crippen LogP contribution in [0.15, 0.2) is 0 Å². The van der Waals surface area contributed by atoms with Crippen molar-refractivity contribution in [2.24, 2.45) is 5.92 Å². The van der Waals surface area contributed by atoms with Crippen LogP contribution in [0.2, 0.25) is 0 Å². The molecule has 3 heteroatoms. The molecule has 0 saturated carbocycles. The zero-order valence-electron chi connectivity index (χ0n) is 4.50. The summed E-state index contributed by atoms with van der Waals surface area (Å²) >= 11 is 0. The Morgan fingerprint density at radius 1 is 1.38 bits per heavy atom. The van der Waals surface area contributed by atoms with Crippen molar-refractivity contribution in [1.82, 2.24) is 0 Å². The number of carbonyl (C=O) groups excluding carboxylic acids is 1. The zero-order chi connectivity index (χ0) is 5.82. The third-order valence-electron chi connectivity index (χ3n) is 1.02. The van der Waals surface area contributed by atoms with Gasteiger partial charge in [0.05, 0.1) is 19.1 Å². The third kappa shape index (κ3) is 1.28. The van der Waals surface area contributed by atoms with E-state index >= 15 is 0 Å². The quantitative estimate of drug-likeness (QED) is 0.445. The van der Waals surface area contributed by atoms with Gasteiger partial charge in [0.1, 0.15) is 13.1 Å². The fourth-order valence-electron chi connectivity index (χ4n) is 0.585. The highest BCUT2D eigenvalue weighted by molar-refractivity contribution is 5.53. The summed E-state index contributed by atoms with van der Waals surface area (Å²) in [5.74, 6) is -0.0382. The molecule has 0 amide bonds. The molecule has 1 heterocycles. The van der Waals surface area contributed by atoms with Crippen LogP contribution < -0.4 is 0 Å². The lowest BCUT2D eigenvalue weighted by Crippen LogP contribution is -2.24. The van der Waals surface area contributed by atoms with Gasteiger partial charge >= 0.3 is 0 Å². The van der Waals surface area contributed by atoms with E-state index in [1.165, 1.54) is 0 Å². The Kier molecular flexibility index (Phi) is 2.00. The lowest BCUT2D eigenvalue weighted by atomic mass is 10.2. The van der Waals surface area contributed by atoms with E-state index in [-0.39, 0.29) is 5.92 Å². The predicted octanol–water partition coefficient (Wildman–Crippen LogP) is -0.194. The molecule has 0 aromatic carbocycles. The maximum atomic E-state index is 10.00. The minimum atomic E-state index is -0.0382. The lowest BCUT2D eigenvalue weighted by molar-refractivity contribution is -0.140. The first-order valence-corrected chi connectivity index (χ1v) is 2.54. The molecule has 0 unspecified atom stereocenters. The van der Waals surface area contributed by atoms with Crippen LogP contribution in [-0.2, 0) is 14.3 Å². The van der Waals surface area contributed by atoms with Crippen molar-refractivity contribution in [2.75, 3.05) is 20.0 Å². The van der Waals surface area contributed by atoms with E-state index in [1.54, 1.807) is 0 Å². The van der Waals surface area contributed by atoms with Gasteiger partial charge in [0.25, 0.3) is 0 Å². The van der Waals surface area contributed by atoms with E-state index in [0.29, 0.717) is 20.0 Å². The van der Waals surface area contributed by atoms with Gasteiger partial charge in [-0.05, 0) is 0 Å². The number of carbonyl (C=O) groups is 1. The number of hydrogen-bond acceptors (Lipinski definition) is 3. The van der Waals surface area contributed by atoms with Crippen LogP contribution in [0.3, 0.4) is 0 Å². The summed E-state index contributed by atoms with van der Waals surface area (Å²) in [4.78, 5) is 10.00. The second-order valence-corrected chi connectivity index (χ2v) is 1.76. The molecule has 0 spiro atoms. The fourth-order valence-corrected chi connectivity index (χ4v) is 0.585. The molecule has 0 N–H and O–H groups in total. The Morgan fingerprint density at radius 3 is 2.38 bits per heavy atom. The van der Waals surface area contributed by atoms with E-state index in [9.17, 15) is 4.79 Å². The molecule has 0 aromatic heterocycles. The summed E-state index contributed by atoms with van der Waals surface area (Å²) in [5.41, 5.74) is 0. The zero-order valence-corrected chi connectivity index (χ0v) is 4.50. The van der Waals surface area contributed by atoms with Gasteiger partial charge in [-0.2, -0.15) is 0 Å². The number of aldehydes is 1. The SMILES string of the molecule is O=CC1COCOC1. The molecule has 0 bridgehead atoms. The highest BCUT2D eigenvalue weighted by Crippen LogP contribution is 2.00. The molecule has 1 saturated heterocycles. The van der Waals surface area contributed by atoms with Crippen LogP contribution in [0.1, 0.15) is 0 Å². The van der Waals surface area contributed by atoms with Crippen LogP contribution in [0.25, 0.3) is 0 Å². The molecule has 46 valence electrons. The highest BCUT2D eigenvalue weighted by atomic mass is 16.7. The van der Waals surface area contributed by atoms with Crippen molar-refractivity contribution >= 4 is 6.29 Å². The number of hydrogen-bond donors (Lipinski definition) is 0. The van der Waals surface area contributed by atoms with Crippen LogP contribution >= 0.6 is 0 Å². The van der Waals surface area contributed by atoms with Crippen LogP contribution in [0, 0.1) is 5.92 Å². The topological polar surface area (TPSA) is 35.5 Å². The van der Waals surface area contributed by atoms with Crippen molar-refractivity contribution in [2.45, 2.75) is 0 Å². The Morgan fingerprint density at radius 2 is 2.00 bits per heavy atom. The highest BCUT2D eigenvalue weighted by Gasteiger charge is 2.11. The van der Waals surface area contributed by atoms with Crippen molar-refractivity contribution in [3.8, 4) is 0 Å². The average Bonchev–Trinajstić information content (AvgIpc) is 1.90. The minimum Gasteiger partial charge on any atom is -0.355 e. The standard InChI is InChI=1S/C5H8O3/c6-1-5-2-7-4-8-3-5/h1,5H,2-4H2. The summed E-state index contributed by atoms with van der Waals surface area (Å²) in [7, 11) is 0. The molecular formula is C5H8O3. The van der Waals surface area contributed by atoms with Gasteiger partial charge in [-0.3, -0.25) is 0 Å². The summed E-state index contributed by atoms with van der Waals surface area (Å²) in [6.45, 7) is 1.37. The van der Waals surface area contributed by atoms with Gasteiger partial charge in [0.2, 0.25) is 0 Å². The van der Waals surface area contributed by atoms with Gasteiger partial charge in [-0.15, -0.1) is 0 Å². The predicted molar refractivity (Wildman–Crippen MR) is 26.3 cm³/mol. The molecule has 1 aliphatic heterocycles. The second-order valence-electron chi connectivity index (χ2n) is 1.76. The van der Waals surface area contributed by atoms with E-state index in [1.807, 2.05) is 0 Å². The summed E-state index contributed by atoms with van der Waals surface area (Å²) in [6, 6.07) is 0. The van der Waals surface area contributed by atoms with Crippen LogP contribution in [0.5, 0.6) is 0 Å². The molecule has 0 atom stereocenters. The molecule has 3 nitrogen and oxygen atoms in total. The van der Waals surface area contributed by atoms with Crippen LogP contribution in [-0.4, -0.2) is 26.3 Å². The molecular weight excluding hydrogens is 108 g/mol.